The molecule has 4 nitrogen and oxygen atoms in total. The van der Waals surface area contributed by atoms with Crippen LogP contribution in [0, 0.1) is 0 Å². The molecule has 0 N–H and O–H groups in total. The molecule has 0 saturated carbocycles. The van der Waals surface area contributed by atoms with Crippen LogP contribution in [-0.2, 0) is 13.1 Å². The molecule has 142 valence electrons. The lowest BCUT2D eigenvalue weighted by Crippen LogP contribution is -2.31. The van der Waals surface area contributed by atoms with E-state index in [2.05, 4.69) is 30.0 Å². The van der Waals surface area contributed by atoms with Crippen LogP contribution in [0.1, 0.15) is 27.9 Å². The number of hydrogen-bond acceptors (Lipinski definition) is 3. The van der Waals surface area contributed by atoms with Gasteiger partial charge < -0.3 is 14.7 Å². The van der Waals surface area contributed by atoms with Crippen LogP contribution in [0.25, 0.3) is 0 Å². The van der Waals surface area contributed by atoms with Crippen molar-refractivity contribution in [1.29, 1.82) is 0 Å². The largest absolute Gasteiger partial charge is 0.370 e. The topological polar surface area (TPSA) is 26.8 Å². The monoisotopic (exact) mass is 403 g/mol. The summed E-state index contributed by atoms with van der Waals surface area (Å²) in [6.07, 6.45) is 1.14. The fraction of sp³-hybridized carbons (Fsp3) is 0.381. The Morgan fingerprint density at radius 2 is 1.89 bits per heavy atom. The number of benzene rings is 2. The Morgan fingerprint density at radius 1 is 1.15 bits per heavy atom. The van der Waals surface area contributed by atoms with Crippen molar-refractivity contribution in [3.63, 3.8) is 0 Å². The number of nitrogens with zero attached hydrogens (tertiary/aromatic N) is 3. The number of fused-ring (bicyclic) bond motifs is 1. The van der Waals surface area contributed by atoms with Gasteiger partial charge in [-0.3, -0.25) is 4.79 Å². The third-order valence-electron chi connectivity index (χ3n) is 5.56. The first-order valence-electron chi connectivity index (χ1n) is 9.20. The van der Waals surface area contributed by atoms with Gasteiger partial charge in [0.05, 0.1) is 10.6 Å². The van der Waals surface area contributed by atoms with Crippen LogP contribution < -0.4 is 4.90 Å². The number of amides is 1. The lowest BCUT2D eigenvalue weighted by atomic mass is 10.1. The van der Waals surface area contributed by atoms with E-state index >= 15 is 0 Å². The maximum absolute atomic E-state index is 12.9. The molecule has 0 radical (unpaired) electrons. The first-order valence-corrected chi connectivity index (χ1v) is 9.95. The van der Waals surface area contributed by atoms with Crippen molar-refractivity contribution in [1.82, 2.24) is 9.80 Å². The molecule has 0 aliphatic carbocycles. The van der Waals surface area contributed by atoms with Gasteiger partial charge in [0.2, 0.25) is 0 Å². The van der Waals surface area contributed by atoms with Crippen LogP contribution in [-0.4, -0.2) is 48.9 Å². The van der Waals surface area contributed by atoms with Gasteiger partial charge in [-0.05, 0) is 55.9 Å². The molecule has 1 saturated heterocycles. The average molecular weight is 404 g/mol. The van der Waals surface area contributed by atoms with Crippen molar-refractivity contribution in [2.45, 2.75) is 25.6 Å². The highest BCUT2D eigenvalue weighted by Gasteiger charge is 2.32. The van der Waals surface area contributed by atoms with Gasteiger partial charge in [-0.1, -0.05) is 35.3 Å². The van der Waals surface area contributed by atoms with Crippen LogP contribution in [0.2, 0.25) is 10.0 Å². The minimum Gasteiger partial charge on any atom is -0.370 e. The Labute approximate surface area is 170 Å². The van der Waals surface area contributed by atoms with Crippen LogP contribution in [0.4, 0.5) is 5.69 Å². The Balaban J connectivity index is 1.54. The molecule has 2 aliphatic heterocycles. The molecule has 0 bridgehead atoms. The first-order chi connectivity index (χ1) is 12.9. The zero-order chi connectivity index (χ0) is 19.1. The minimum atomic E-state index is 0.00379. The Kier molecular flexibility index (Phi) is 5.06. The predicted octanol–water partition coefficient (Wildman–Crippen LogP) is 4.29. The number of halogens is 2. The third kappa shape index (κ3) is 3.66. The summed E-state index contributed by atoms with van der Waals surface area (Å²) in [4.78, 5) is 19.3. The number of anilines is 1. The maximum atomic E-state index is 12.9. The van der Waals surface area contributed by atoms with Crippen LogP contribution in [0.3, 0.4) is 0 Å². The highest BCUT2D eigenvalue weighted by atomic mass is 35.5. The molecule has 0 unspecified atom stereocenters. The quantitative estimate of drug-likeness (QED) is 0.761. The Bertz CT molecular complexity index is 866. The van der Waals surface area contributed by atoms with E-state index in [1.54, 1.807) is 0 Å². The first kappa shape index (κ1) is 18.6. The zero-order valence-electron chi connectivity index (χ0n) is 15.6. The second-order valence-corrected chi connectivity index (χ2v) is 8.45. The van der Waals surface area contributed by atoms with E-state index in [0.717, 1.165) is 36.3 Å². The average Bonchev–Trinajstić information content (AvgIpc) is 3.23. The molecule has 4 rings (SSSR count). The van der Waals surface area contributed by atoms with Crippen molar-refractivity contribution < 1.29 is 4.79 Å². The second kappa shape index (κ2) is 7.34. The molecule has 1 fully saturated rings. The van der Waals surface area contributed by atoms with Crippen molar-refractivity contribution >= 4 is 34.8 Å². The lowest BCUT2D eigenvalue weighted by Gasteiger charge is -2.22. The molecule has 2 aliphatic rings. The van der Waals surface area contributed by atoms with Gasteiger partial charge in [0.1, 0.15) is 0 Å². The molecule has 6 heteroatoms. The third-order valence-corrected chi connectivity index (χ3v) is 6.11. The van der Waals surface area contributed by atoms with Gasteiger partial charge in [-0.2, -0.15) is 0 Å². The van der Waals surface area contributed by atoms with E-state index in [9.17, 15) is 4.79 Å². The van der Waals surface area contributed by atoms with E-state index in [1.165, 1.54) is 0 Å². The number of likely N-dealkylation sites (N-methyl/N-ethyl adjacent to an activating group) is 1. The van der Waals surface area contributed by atoms with Gasteiger partial charge in [0.15, 0.2) is 0 Å². The number of rotatable bonds is 4. The summed E-state index contributed by atoms with van der Waals surface area (Å²) in [7, 11) is 4.24. The normalized spacial score (nSPS) is 19.3. The molecular formula is C21H23Cl2N3O. The summed E-state index contributed by atoms with van der Waals surface area (Å²) in [6.45, 7) is 3.16. The van der Waals surface area contributed by atoms with Crippen molar-refractivity contribution in [3.05, 3.63) is 63.1 Å². The summed E-state index contributed by atoms with van der Waals surface area (Å²) in [5.41, 5.74) is 3.84. The van der Waals surface area contributed by atoms with Crippen molar-refractivity contribution in [3.8, 4) is 0 Å². The highest BCUT2D eigenvalue weighted by Crippen LogP contribution is 2.35. The molecule has 2 heterocycles. The standard InChI is InChI=1S/C21H23Cl2N3O/c1-24(2)17-7-8-25(13-17)18-9-15-12-26(21(27)20(15)19(23)10-18)11-14-3-5-16(22)6-4-14/h3-6,9-10,17H,7-8,11-13H2,1-2H3/t17-/m0/s1. The predicted molar refractivity (Wildman–Crippen MR) is 111 cm³/mol. The summed E-state index contributed by atoms with van der Waals surface area (Å²) < 4.78 is 0. The van der Waals surface area contributed by atoms with Crippen molar-refractivity contribution in [2.24, 2.45) is 0 Å². The fourth-order valence-corrected chi connectivity index (χ4v) is 4.41. The number of carbonyl (C=O) groups excluding carboxylic acids is 1. The molecular weight excluding hydrogens is 381 g/mol. The second-order valence-electron chi connectivity index (χ2n) is 7.60. The van der Waals surface area contributed by atoms with Gasteiger partial charge in [-0.15, -0.1) is 0 Å². The van der Waals surface area contributed by atoms with E-state index in [-0.39, 0.29) is 5.91 Å². The Morgan fingerprint density at radius 3 is 2.56 bits per heavy atom. The molecule has 2 aromatic rings. The van der Waals surface area contributed by atoms with E-state index in [0.29, 0.717) is 34.7 Å². The van der Waals surface area contributed by atoms with Gasteiger partial charge in [0, 0.05) is 42.9 Å². The van der Waals surface area contributed by atoms with E-state index < -0.39 is 0 Å². The Hall–Kier alpha value is -1.75. The van der Waals surface area contributed by atoms with Crippen LogP contribution in [0.15, 0.2) is 36.4 Å². The highest BCUT2D eigenvalue weighted by molar-refractivity contribution is 6.34. The fourth-order valence-electron chi connectivity index (χ4n) is 3.97. The van der Waals surface area contributed by atoms with Gasteiger partial charge in [-0.25, -0.2) is 0 Å². The van der Waals surface area contributed by atoms with Gasteiger partial charge in [0.25, 0.3) is 5.91 Å². The molecule has 1 atom stereocenters. The smallest absolute Gasteiger partial charge is 0.256 e. The maximum Gasteiger partial charge on any atom is 0.256 e. The molecule has 0 aromatic heterocycles. The zero-order valence-corrected chi connectivity index (χ0v) is 17.1. The molecule has 27 heavy (non-hydrogen) atoms. The van der Waals surface area contributed by atoms with Crippen molar-refractivity contribution in [2.75, 3.05) is 32.1 Å². The SMILES string of the molecule is CN(C)[C@H]1CCN(c2cc(Cl)c3c(c2)CN(Cc2ccc(Cl)cc2)C3=O)C1. The summed E-state index contributed by atoms with van der Waals surface area (Å²) >= 11 is 12.5. The van der Waals surface area contributed by atoms with Crippen LogP contribution >= 0.6 is 23.2 Å². The molecule has 1 amide bonds. The number of carbonyl (C=O) groups is 1. The summed E-state index contributed by atoms with van der Waals surface area (Å²) in [5, 5.41) is 1.25. The number of hydrogen-bond donors (Lipinski definition) is 0. The van der Waals surface area contributed by atoms with Crippen LogP contribution in [0.5, 0.6) is 0 Å². The molecule has 2 aromatic carbocycles. The van der Waals surface area contributed by atoms with E-state index in [4.69, 9.17) is 23.2 Å². The summed E-state index contributed by atoms with van der Waals surface area (Å²) in [5.74, 6) is 0.00379. The lowest BCUT2D eigenvalue weighted by molar-refractivity contribution is 0.0767. The van der Waals surface area contributed by atoms with Gasteiger partial charge >= 0.3 is 0 Å². The minimum absolute atomic E-state index is 0.00379. The summed E-state index contributed by atoms with van der Waals surface area (Å²) in [6, 6.07) is 12.3. The van der Waals surface area contributed by atoms with E-state index in [1.807, 2.05) is 35.2 Å². The molecule has 0 spiro atoms.